The number of nitrogen functional groups attached to an aromatic ring is 1. The molecule has 0 bridgehead atoms. The number of nitrogens with zero attached hydrogens (tertiary/aromatic N) is 7. The van der Waals surface area contributed by atoms with Crippen LogP contribution in [0.5, 0.6) is 0 Å². The highest BCUT2D eigenvalue weighted by Gasteiger charge is 2.57. The lowest BCUT2D eigenvalue weighted by Gasteiger charge is -2.53. The quantitative estimate of drug-likeness (QED) is 0.0950. The molecule has 0 aliphatic carbocycles. The van der Waals surface area contributed by atoms with Gasteiger partial charge in [-0.1, -0.05) is 34.6 Å². The summed E-state index contributed by atoms with van der Waals surface area (Å²) in [5.74, 6) is -2.49. The molecule has 0 saturated carbocycles. The van der Waals surface area contributed by atoms with Crippen molar-refractivity contribution in [3.05, 3.63) is 40.4 Å². The predicted octanol–water partition coefficient (Wildman–Crippen LogP) is 0.525. The average molecular weight is 667 g/mol. The Bertz CT molecular complexity index is 1600. The number of amides is 3. The van der Waals surface area contributed by atoms with Crippen molar-refractivity contribution in [2.75, 3.05) is 35.7 Å². The maximum atomic E-state index is 13.3. The van der Waals surface area contributed by atoms with Crippen molar-refractivity contribution < 1.29 is 29.1 Å². The van der Waals surface area contributed by atoms with Gasteiger partial charge < -0.3 is 31.2 Å². The van der Waals surface area contributed by atoms with Gasteiger partial charge in [-0.15, -0.1) is 28.2 Å². The van der Waals surface area contributed by atoms with Gasteiger partial charge in [-0.2, -0.15) is 0 Å². The number of thioether (sulfide) groups is 2. The van der Waals surface area contributed by atoms with Gasteiger partial charge in [-0.05, 0) is 28.6 Å². The molecule has 4 heterocycles. The molecule has 5 N–H and O–H groups in total. The Balaban J connectivity index is 1.22. The summed E-state index contributed by atoms with van der Waals surface area (Å²) in [5.41, 5.74) is 4.74. The summed E-state index contributed by atoms with van der Waals surface area (Å²) in [6.07, 6.45) is 0. The Kier molecular flexibility index (Phi) is 9.04. The van der Waals surface area contributed by atoms with E-state index in [1.54, 1.807) is 31.3 Å². The normalized spacial score (nSPS) is 21.5. The number of aryl methyl sites for hydroxylation is 1. The number of carbonyl (C=O) groups is 4. The topological polar surface area (TPSA) is 220 Å². The van der Waals surface area contributed by atoms with Crippen molar-refractivity contribution in [1.82, 2.24) is 35.4 Å². The first-order chi connectivity index (χ1) is 20.6. The number of anilines is 2. The molecule has 20 heteroatoms. The van der Waals surface area contributed by atoms with Gasteiger partial charge in [0.2, 0.25) is 11.1 Å². The Morgan fingerprint density at radius 3 is 2.86 bits per heavy atom. The number of rotatable bonds is 11. The van der Waals surface area contributed by atoms with Crippen molar-refractivity contribution in [3.63, 3.8) is 0 Å². The van der Waals surface area contributed by atoms with Gasteiger partial charge >= 0.3 is 5.97 Å². The number of nitrogens with two attached hydrogens (primary N) is 1. The standard InChI is InChI=1S/C23H23ClN10O6S3/c1-33-22(29-31-32-33)43-10-23(20(38)39)8-34-18(37)16(19(34)42-9-23)28-17(36)15(13-7-41-21(25)27-13)30-40-6-14(35)26-12-4-2-3-11(24)5-12/h2-5,7,16,19H,6,8-10H2,1H3,(H2,25,27)(H,26,35)(H,28,36)(H,38,39)/t16?,19-,23?/m1/s1. The third kappa shape index (κ3) is 6.68. The summed E-state index contributed by atoms with van der Waals surface area (Å²) in [4.78, 5) is 61.6. The number of tetrazole rings is 1. The first-order valence-electron chi connectivity index (χ1n) is 12.3. The molecule has 2 aliphatic rings. The van der Waals surface area contributed by atoms with Crippen LogP contribution in [0.2, 0.25) is 5.02 Å². The molecule has 0 spiro atoms. The van der Waals surface area contributed by atoms with Crippen LogP contribution in [0.1, 0.15) is 5.69 Å². The number of fused-ring (bicyclic) bond motifs is 1. The second-order valence-corrected chi connectivity index (χ2v) is 12.8. The minimum absolute atomic E-state index is 0.0438. The summed E-state index contributed by atoms with van der Waals surface area (Å²) >= 11 is 9.43. The lowest BCUT2D eigenvalue weighted by atomic mass is 9.89. The molecular weight excluding hydrogens is 644 g/mol. The number of thiazole rings is 1. The fourth-order valence-corrected chi connectivity index (χ4v) is 7.63. The average Bonchev–Trinajstić information content (AvgIpc) is 3.59. The van der Waals surface area contributed by atoms with Crippen LogP contribution in [-0.2, 0) is 31.1 Å². The molecule has 0 radical (unpaired) electrons. The van der Waals surface area contributed by atoms with Gasteiger partial charge in [0, 0.05) is 41.2 Å². The van der Waals surface area contributed by atoms with Gasteiger partial charge in [0.15, 0.2) is 17.5 Å². The molecule has 2 aliphatic heterocycles. The highest BCUT2D eigenvalue weighted by Crippen LogP contribution is 2.44. The lowest BCUT2D eigenvalue weighted by Crippen LogP contribution is -2.74. The molecule has 5 rings (SSSR count). The van der Waals surface area contributed by atoms with Gasteiger partial charge in [0.25, 0.3) is 11.8 Å². The van der Waals surface area contributed by atoms with Crippen molar-refractivity contribution in [2.45, 2.75) is 16.6 Å². The van der Waals surface area contributed by atoms with E-state index in [9.17, 15) is 24.3 Å². The largest absolute Gasteiger partial charge is 0.481 e. The fourth-order valence-electron chi connectivity index (χ4n) is 4.18. The number of carbonyl (C=O) groups excluding carboxylic acids is 3. The molecule has 3 atom stereocenters. The second kappa shape index (κ2) is 12.7. The maximum Gasteiger partial charge on any atom is 0.313 e. The number of oxime groups is 1. The van der Waals surface area contributed by atoms with E-state index in [0.717, 1.165) is 11.3 Å². The molecule has 2 fully saturated rings. The van der Waals surface area contributed by atoms with E-state index < -0.39 is 47.1 Å². The van der Waals surface area contributed by atoms with E-state index in [4.69, 9.17) is 22.2 Å². The fraction of sp³-hybridized carbons (Fsp3) is 0.348. The summed E-state index contributed by atoms with van der Waals surface area (Å²) in [6.45, 7) is -0.574. The molecule has 3 aromatic rings. The number of nitrogens with one attached hydrogen (secondary N) is 2. The molecule has 3 amide bonds. The van der Waals surface area contributed by atoms with E-state index in [1.165, 1.54) is 38.5 Å². The van der Waals surface area contributed by atoms with Crippen LogP contribution in [0.3, 0.4) is 0 Å². The molecular formula is C23H23ClN10O6S3. The minimum atomic E-state index is -1.24. The minimum Gasteiger partial charge on any atom is -0.481 e. The van der Waals surface area contributed by atoms with Gasteiger partial charge in [-0.25, -0.2) is 9.67 Å². The number of β-lactam (4-membered cyclic amide) rings is 1. The zero-order valence-electron chi connectivity index (χ0n) is 22.2. The first-order valence-corrected chi connectivity index (χ1v) is 15.6. The van der Waals surface area contributed by atoms with Gasteiger partial charge in [0.05, 0.1) is 0 Å². The number of carboxylic acids is 1. The molecule has 43 heavy (non-hydrogen) atoms. The smallest absolute Gasteiger partial charge is 0.313 e. The molecule has 226 valence electrons. The molecule has 16 nitrogen and oxygen atoms in total. The summed E-state index contributed by atoms with van der Waals surface area (Å²) in [6, 6.07) is 5.57. The van der Waals surface area contributed by atoms with E-state index in [0.29, 0.717) is 15.9 Å². The van der Waals surface area contributed by atoms with E-state index >= 15 is 0 Å². The number of carboxylic acid groups (broad SMARTS) is 1. The molecule has 2 aromatic heterocycles. The van der Waals surface area contributed by atoms with Gasteiger partial charge in [0.1, 0.15) is 22.5 Å². The summed E-state index contributed by atoms with van der Waals surface area (Å²) < 4.78 is 1.43. The van der Waals surface area contributed by atoms with Gasteiger partial charge in [-0.3, -0.25) is 19.2 Å². The third-order valence-corrected chi connectivity index (χ3v) is 10.2. The Labute approximate surface area is 260 Å². The Morgan fingerprint density at radius 1 is 1.37 bits per heavy atom. The third-order valence-electron chi connectivity index (χ3n) is 6.38. The monoisotopic (exact) mass is 666 g/mol. The van der Waals surface area contributed by atoms with Crippen LogP contribution >= 0.6 is 46.5 Å². The lowest BCUT2D eigenvalue weighted by molar-refractivity contribution is -0.157. The van der Waals surface area contributed by atoms with Crippen molar-refractivity contribution in [2.24, 2.45) is 17.6 Å². The number of halogens is 1. The summed E-state index contributed by atoms with van der Waals surface area (Å²) in [7, 11) is 1.64. The number of aromatic nitrogens is 5. The zero-order chi connectivity index (χ0) is 30.7. The van der Waals surface area contributed by atoms with Crippen LogP contribution in [0.4, 0.5) is 10.8 Å². The Morgan fingerprint density at radius 2 is 2.19 bits per heavy atom. The molecule has 2 saturated heterocycles. The maximum absolute atomic E-state index is 13.3. The number of hydrogen-bond acceptors (Lipinski definition) is 14. The second-order valence-electron chi connectivity index (χ2n) is 9.42. The predicted molar refractivity (Wildman–Crippen MR) is 159 cm³/mol. The zero-order valence-corrected chi connectivity index (χ0v) is 25.4. The van der Waals surface area contributed by atoms with Crippen LogP contribution in [-0.4, -0.2) is 101 Å². The first kappa shape index (κ1) is 30.5. The van der Waals surface area contributed by atoms with E-state index in [2.05, 4.69) is 36.3 Å². The van der Waals surface area contributed by atoms with Crippen molar-refractivity contribution in [1.29, 1.82) is 0 Å². The highest BCUT2D eigenvalue weighted by atomic mass is 35.5. The highest BCUT2D eigenvalue weighted by molar-refractivity contribution is 8.00. The molecule has 2 unspecified atom stereocenters. The number of benzene rings is 1. The van der Waals surface area contributed by atoms with Crippen LogP contribution in [0.25, 0.3) is 0 Å². The van der Waals surface area contributed by atoms with E-state index in [1.807, 2.05) is 0 Å². The number of aliphatic carboxylic acids is 1. The van der Waals surface area contributed by atoms with E-state index in [-0.39, 0.29) is 34.6 Å². The Hall–Kier alpha value is -3.94. The molecule has 1 aromatic carbocycles. The van der Waals surface area contributed by atoms with Crippen LogP contribution in [0.15, 0.2) is 40.0 Å². The van der Waals surface area contributed by atoms with Crippen LogP contribution in [0, 0.1) is 5.41 Å². The summed E-state index contributed by atoms with van der Waals surface area (Å²) in [5, 5.41) is 32.3. The SMILES string of the molecule is Cn1nnnc1SCC1(C(=O)O)CS[C@@H]2C(NC(=O)C(=NOCC(=O)Nc3cccc(Cl)c3)c3csc(N)n3)C(=O)N2C1. The number of hydrogen-bond donors (Lipinski definition) is 4. The van der Waals surface area contributed by atoms with Crippen molar-refractivity contribution in [3.8, 4) is 0 Å². The van der Waals surface area contributed by atoms with Crippen LogP contribution < -0.4 is 16.4 Å². The van der Waals surface area contributed by atoms with Crippen molar-refractivity contribution >= 4 is 86.7 Å².